The molecule has 2 aromatic carbocycles. The van der Waals surface area contributed by atoms with Crippen LogP contribution in [0.5, 0.6) is 0 Å². The molecule has 0 aliphatic carbocycles. The van der Waals surface area contributed by atoms with Crippen molar-refractivity contribution < 1.29 is 18.6 Å². The van der Waals surface area contributed by atoms with E-state index in [4.69, 9.17) is 16.1 Å². The van der Waals surface area contributed by atoms with Crippen molar-refractivity contribution in [3.05, 3.63) is 74.9 Å². The molecule has 0 saturated heterocycles. The highest BCUT2D eigenvalue weighted by atomic mass is 35.5. The lowest BCUT2D eigenvalue weighted by atomic mass is 10.1. The minimum atomic E-state index is -0.686. The van der Waals surface area contributed by atoms with Crippen LogP contribution in [0.2, 0.25) is 5.02 Å². The summed E-state index contributed by atoms with van der Waals surface area (Å²) in [4.78, 5) is 26.8. The van der Waals surface area contributed by atoms with Gasteiger partial charge in [-0.2, -0.15) is 4.98 Å². The lowest BCUT2D eigenvalue weighted by molar-refractivity contribution is -0.384. The van der Waals surface area contributed by atoms with Crippen LogP contribution in [-0.2, 0) is 0 Å². The zero-order valence-corrected chi connectivity index (χ0v) is 14.6. The molecule has 0 saturated carbocycles. The van der Waals surface area contributed by atoms with Gasteiger partial charge in [0, 0.05) is 17.7 Å². The van der Waals surface area contributed by atoms with Crippen LogP contribution >= 0.6 is 11.6 Å². The maximum Gasteiger partial charge on any atom is 0.270 e. The molecule has 0 fully saturated rings. The Morgan fingerprint density at radius 3 is 2.67 bits per heavy atom. The van der Waals surface area contributed by atoms with Crippen molar-refractivity contribution in [2.75, 3.05) is 0 Å². The van der Waals surface area contributed by atoms with E-state index in [9.17, 15) is 19.3 Å². The zero-order valence-electron chi connectivity index (χ0n) is 13.8. The summed E-state index contributed by atoms with van der Waals surface area (Å²) in [5.74, 6) is -0.668. The number of rotatable bonds is 5. The lowest BCUT2D eigenvalue weighted by Crippen LogP contribution is -2.27. The summed E-state index contributed by atoms with van der Waals surface area (Å²) in [6.07, 6.45) is 0. The van der Waals surface area contributed by atoms with Gasteiger partial charge >= 0.3 is 0 Å². The number of hydrogen-bond donors (Lipinski definition) is 1. The number of aromatic nitrogens is 2. The van der Waals surface area contributed by atoms with E-state index in [2.05, 4.69) is 15.5 Å². The minimum Gasteiger partial charge on any atom is -0.340 e. The van der Waals surface area contributed by atoms with Gasteiger partial charge in [-0.1, -0.05) is 16.8 Å². The van der Waals surface area contributed by atoms with E-state index in [-0.39, 0.29) is 28.0 Å². The molecule has 8 nitrogen and oxygen atoms in total. The van der Waals surface area contributed by atoms with E-state index >= 15 is 0 Å². The van der Waals surface area contributed by atoms with Gasteiger partial charge in [-0.25, -0.2) is 4.39 Å². The monoisotopic (exact) mass is 390 g/mol. The number of nitro benzene ring substituents is 1. The Hall–Kier alpha value is -3.33. The highest BCUT2D eigenvalue weighted by molar-refractivity contribution is 6.33. The first kappa shape index (κ1) is 18.5. The Morgan fingerprint density at radius 1 is 1.30 bits per heavy atom. The van der Waals surface area contributed by atoms with Crippen molar-refractivity contribution >= 4 is 23.2 Å². The van der Waals surface area contributed by atoms with Crippen molar-refractivity contribution in [3.8, 4) is 11.4 Å². The average molecular weight is 391 g/mol. The number of halogens is 2. The van der Waals surface area contributed by atoms with E-state index in [1.165, 1.54) is 36.4 Å². The fourth-order valence-electron chi connectivity index (χ4n) is 2.26. The van der Waals surface area contributed by atoms with Crippen LogP contribution in [-0.4, -0.2) is 21.0 Å². The largest absolute Gasteiger partial charge is 0.340 e. The van der Waals surface area contributed by atoms with Gasteiger partial charge in [0.15, 0.2) is 0 Å². The van der Waals surface area contributed by atoms with Gasteiger partial charge < -0.3 is 9.84 Å². The number of benzene rings is 2. The number of amides is 1. The average Bonchev–Trinajstić information content (AvgIpc) is 3.12. The molecule has 1 unspecified atom stereocenters. The number of nitrogens with zero attached hydrogens (tertiary/aromatic N) is 3. The molecular formula is C17H12ClFN4O4. The second-order valence-corrected chi connectivity index (χ2v) is 5.99. The summed E-state index contributed by atoms with van der Waals surface area (Å²) in [5.41, 5.74) is 0.247. The molecular weight excluding hydrogens is 379 g/mol. The molecule has 0 spiro atoms. The third-order valence-electron chi connectivity index (χ3n) is 3.67. The summed E-state index contributed by atoms with van der Waals surface area (Å²) in [6.45, 7) is 1.60. The van der Waals surface area contributed by atoms with Gasteiger partial charge in [0.2, 0.25) is 11.7 Å². The quantitative estimate of drug-likeness (QED) is 0.522. The predicted molar refractivity (Wildman–Crippen MR) is 93.7 cm³/mol. The molecule has 1 heterocycles. The van der Waals surface area contributed by atoms with Crippen molar-refractivity contribution in [3.63, 3.8) is 0 Å². The van der Waals surface area contributed by atoms with Gasteiger partial charge in [-0.05, 0) is 37.3 Å². The summed E-state index contributed by atoms with van der Waals surface area (Å²) >= 11 is 5.96. The lowest BCUT2D eigenvalue weighted by Gasteiger charge is -2.10. The van der Waals surface area contributed by atoms with E-state index < -0.39 is 22.7 Å². The van der Waals surface area contributed by atoms with Crippen LogP contribution in [0.3, 0.4) is 0 Å². The summed E-state index contributed by atoms with van der Waals surface area (Å²) < 4.78 is 18.1. The van der Waals surface area contributed by atoms with Crippen molar-refractivity contribution in [1.82, 2.24) is 15.5 Å². The van der Waals surface area contributed by atoms with Crippen molar-refractivity contribution in [2.45, 2.75) is 13.0 Å². The van der Waals surface area contributed by atoms with Gasteiger partial charge in [-0.15, -0.1) is 0 Å². The fraction of sp³-hybridized carbons (Fsp3) is 0.118. The van der Waals surface area contributed by atoms with E-state index in [1.807, 2.05) is 0 Å². The first-order valence-corrected chi connectivity index (χ1v) is 8.07. The fourth-order valence-corrected chi connectivity index (χ4v) is 2.47. The minimum absolute atomic E-state index is 0.0454. The molecule has 0 radical (unpaired) electrons. The SMILES string of the molecule is CC(NC(=O)c1cc([N+](=O)[O-])ccc1Cl)c1nc(-c2ccc(F)cc2)no1. The van der Waals surface area contributed by atoms with Crippen LogP contribution < -0.4 is 5.32 Å². The molecule has 3 aromatic rings. The Morgan fingerprint density at radius 2 is 2.00 bits per heavy atom. The summed E-state index contributed by atoms with van der Waals surface area (Å²) in [6, 6.07) is 8.40. The molecule has 138 valence electrons. The molecule has 0 aliphatic heterocycles. The first-order valence-electron chi connectivity index (χ1n) is 7.69. The van der Waals surface area contributed by atoms with Gasteiger partial charge in [-0.3, -0.25) is 14.9 Å². The number of nitro groups is 1. The number of hydrogen-bond acceptors (Lipinski definition) is 6. The molecule has 3 rings (SSSR count). The van der Waals surface area contributed by atoms with E-state index in [0.29, 0.717) is 5.56 Å². The Kier molecular flexibility index (Phi) is 5.13. The van der Waals surface area contributed by atoms with Crippen LogP contribution in [0, 0.1) is 15.9 Å². The highest BCUT2D eigenvalue weighted by Gasteiger charge is 2.21. The van der Waals surface area contributed by atoms with Gasteiger partial charge in [0.25, 0.3) is 11.6 Å². The van der Waals surface area contributed by atoms with Gasteiger partial charge in [0.05, 0.1) is 15.5 Å². The Labute approximate surface area is 157 Å². The second kappa shape index (κ2) is 7.50. The van der Waals surface area contributed by atoms with Crippen LogP contribution in [0.15, 0.2) is 47.0 Å². The predicted octanol–water partition coefficient (Wildman–Crippen LogP) is 3.93. The molecule has 1 atom stereocenters. The number of non-ortho nitro benzene ring substituents is 1. The molecule has 10 heteroatoms. The molecule has 1 N–H and O–H groups in total. The van der Waals surface area contributed by atoms with Crippen LogP contribution in [0.25, 0.3) is 11.4 Å². The van der Waals surface area contributed by atoms with Crippen LogP contribution in [0.1, 0.15) is 29.2 Å². The van der Waals surface area contributed by atoms with Crippen molar-refractivity contribution in [1.29, 1.82) is 0 Å². The molecule has 0 aliphatic rings. The number of carbonyl (C=O) groups excluding carboxylic acids is 1. The number of carbonyl (C=O) groups is 1. The summed E-state index contributed by atoms with van der Waals surface area (Å²) in [7, 11) is 0. The maximum atomic E-state index is 13.0. The Bertz CT molecular complexity index is 1010. The molecule has 1 amide bonds. The topological polar surface area (TPSA) is 111 Å². The maximum absolute atomic E-state index is 13.0. The zero-order chi connectivity index (χ0) is 19.6. The van der Waals surface area contributed by atoms with E-state index in [0.717, 1.165) is 6.07 Å². The third kappa shape index (κ3) is 4.09. The second-order valence-electron chi connectivity index (χ2n) is 5.58. The Balaban J connectivity index is 1.77. The standard InChI is InChI=1S/C17H12ClFN4O4/c1-9(17-21-15(22-27-17)10-2-4-11(19)5-3-10)20-16(24)13-8-12(23(25)26)6-7-14(13)18/h2-9H,1H3,(H,20,24). The summed E-state index contributed by atoms with van der Waals surface area (Å²) in [5, 5.41) is 17.3. The third-order valence-corrected chi connectivity index (χ3v) is 4.00. The molecule has 1 aromatic heterocycles. The first-order chi connectivity index (χ1) is 12.8. The highest BCUT2D eigenvalue weighted by Crippen LogP contribution is 2.23. The van der Waals surface area contributed by atoms with Crippen molar-refractivity contribution in [2.24, 2.45) is 0 Å². The smallest absolute Gasteiger partial charge is 0.270 e. The van der Waals surface area contributed by atoms with E-state index in [1.54, 1.807) is 6.92 Å². The number of nitrogens with one attached hydrogen (secondary N) is 1. The normalized spacial score (nSPS) is 11.8. The van der Waals surface area contributed by atoms with Crippen LogP contribution in [0.4, 0.5) is 10.1 Å². The molecule has 0 bridgehead atoms. The molecule has 27 heavy (non-hydrogen) atoms. The van der Waals surface area contributed by atoms with Gasteiger partial charge in [0.1, 0.15) is 11.9 Å².